The highest BCUT2D eigenvalue weighted by Gasteiger charge is 2.33. The molecule has 13 heavy (non-hydrogen) atoms. The SMILES string of the molecule is CCC(O)CN(CC)C(=O)C1CC1. The van der Waals surface area contributed by atoms with E-state index in [-0.39, 0.29) is 17.9 Å². The average molecular weight is 185 g/mol. The van der Waals surface area contributed by atoms with Gasteiger partial charge in [-0.05, 0) is 26.2 Å². The molecule has 1 aliphatic rings. The number of likely N-dealkylation sites (N-methyl/N-ethyl adjacent to an activating group) is 1. The van der Waals surface area contributed by atoms with Crippen LogP contribution in [0.3, 0.4) is 0 Å². The zero-order valence-corrected chi connectivity index (χ0v) is 8.49. The van der Waals surface area contributed by atoms with Crippen LogP contribution in [-0.2, 0) is 4.79 Å². The maximum Gasteiger partial charge on any atom is 0.225 e. The van der Waals surface area contributed by atoms with Gasteiger partial charge in [0.2, 0.25) is 5.91 Å². The number of nitrogens with zero attached hydrogens (tertiary/aromatic N) is 1. The van der Waals surface area contributed by atoms with Crippen molar-refractivity contribution in [2.45, 2.75) is 39.2 Å². The van der Waals surface area contributed by atoms with Gasteiger partial charge >= 0.3 is 0 Å². The molecule has 0 heterocycles. The number of carbonyl (C=O) groups excluding carboxylic acids is 1. The van der Waals surface area contributed by atoms with Gasteiger partial charge in [-0.2, -0.15) is 0 Å². The number of aliphatic hydroxyl groups excluding tert-OH is 1. The molecule has 1 unspecified atom stereocenters. The van der Waals surface area contributed by atoms with Crippen molar-refractivity contribution in [2.24, 2.45) is 5.92 Å². The first-order valence-corrected chi connectivity index (χ1v) is 5.15. The largest absolute Gasteiger partial charge is 0.391 e. The average Bonchev–Trinajstić information content (AvgIpc) is 2.95. The third kappa shape index (κ3) is 2.99. The van der Waals surface area contributed by atoms with Crippen molar-refractivity contribution in [2.75, 3.05) is 13.1 Å². The molecule has 1 atom stereocenters. The standard InChI is InChI=1S/C10H19NO2/c1-3-9(12)7-11(4-2)10(13)8-5-6-8/h8-9,12H,3-7H2,1-2H3. The smallest absolute Gasteiger partial charge is 0.225 e. The van der Waals surface area contributed by atoms with Crippen LogP contribution >= 0.6 is 0 Å². The Morgan fingerprint density at radius 1 is 1.54 bits per heavy atom. The van der Waals surface area contributed by atoms with Crippen LogP contribution < -0.4 is 0 Å². The molecule has 76 valence electrons. The number of hydrogen-bond donors (Lipinski definition) is 1. The van der Waals surface area contributed by atoms with Gasteiger partial charge in [-0.3, -0.25) is 4.79 Å². The lowest BCUT2D eigenvalue weighted by atomic mass is 10.2. The van der Waals surface area contributed by atoms with Gasteiger partial charge in [0.05, 0.1) is 6.10 Å². The lowest BCUT2D eigenvalue weighted by Gasteiger charge is -2.23. The van der Waals surface area contributed by atoms with Crippen LogP contribution in [0.1, 0.15) is 33.1 Å². The third-order valence-corrected chi connectivity index (χ3v) is 2.52. The molecule has 0 aliphatic heterocycles. The molecule has 1 amide bonds. The van der Waals surface area contributed by atoms with Gasteiger partial charge in [0, 0.05) is 19.0 Å². The summed E-state index contributed by atoms with van der Waals surface area (Å²) < 4.78 is 0. The second-order valence-electron chi connectivity index (χ2n) is 3.71. The molecule has 3 heteroatoms. The van der Waals surface area contributed by atoms with Gasteiger partial charge in [0.25, 0.3) is 0 Å². The predicted molar refractivity (Wildman–Crippen MR) is 51.3 cm³/mol. The lowest BCUT2D eigenvalue weighted by Crippen LogP contribution is -2.38. The Labute approximate surface area is 79.7 Å². The molecule has 0 saturated heterocycles. The summed E-state index contributed by atoms with van der Waals surface area (Å²) >= 11 is 0. The van der Waals surface area contributed by atoms with Crippen LogP contribution in [0.4, 0.5) is 0 Å². The minimum Gasteiger partial charge on any atom is -0.391 e. The van der Waals surface area contributed by atoms with Crippen molar-refractivity contribution in [3.63, 3.8) is 0 Å². The number of hydrogen-bond acceptors (Lipinski definition) is 2. The van der Waals surface area contributed by atoms with Gasteiger partial charge in [0.15, 0.2) is 0 Å². The molecule has 0 aromatic rings. The monoisotopic (exact) mass is 185 g/mol. The van der Waals surface area contributed by atoms with Gasteiger partial charge in [-0.25, -0.2) is 0 Å². The summed E-state index contributed by atoms with van der Waals surface area (Å²) in [4.78, 5) is 13.4. The second kappa shape index (κ2) is 4.61. The number of rotatable bonds is 5. The van der Waals surface area contributed by atoms with E-state index in [1.807, 2.05) is 13.8 Å². The van der Waals surface area contributed by atoms with Crippen LogP contribution in [0.15, 0.2) is 0 Å². The molecule has 1 saturated carbocycles. The summed E-state index contributed by atoms with van der Waals surface area (Å²) in [5.74, 6) is 0.499. The molecule has 3 nitrogen and oxygen atoms in total. The molecule has 0 radical (unpaired) electrons. The first-order chi connectivity index (χ1) is 6.19. The van der Waals surface area contributed by atoms with E-state index in [2.05, 4.69) is 0 Å². The van der Waals surface area contributed by atoms with E-state index in [4.69, 9.17) is 0 Å². The van der Waals surface area contributed by atoms with Crippen molar-refractivity contribution >= 4 is 5.91 Å². The third-order valence-electron chi connectivity index (χ3n) is 2.52. The summed E-state index contributed by atoms with van der Waals surface area (Å²) in [6.07, 6.45) is 2.44. The fourth-order valence-electron chi connectivity index (χ4n) is 1.35. The van der Waals surface area contributed by atoms with E-state index in [0.29, 0.717) is 19.5 Å². The van der Waals surface area contributed by atoms with Crippen molar-refractivity contribution in [3.05, 3.63) is 0 Å². The fraction of sp³-hybridized carbons (Fsp3) is 0.900. The Morgan fingerprint density at radius 2 is 2.15 bits per heavy atom. The van der Waals surface area contributed by atoms with Gasteiger partial charge < -0.3 is 10.0 Å². The normalized spacial score (nSPS) is 18.4. The molecule has 0 spiro atoms. The zero-order chi connectivity index (χ0) is 9.84. The predicted octanol–water partition coefficient (Wildman–Crippen LogP) is 1.02. The van der Waals surface area contributed by atoms with Crippen molar-refractivity contribution < 1.29 is 9.90 Å². The second-order valence-corrected chi connectivity index (χ2v) is 3.71. The number of aliphatic hydroxyl groups is 1. The lowest BCUT2D eigenvalue weighted by molar-refractivity contribution is -0.133. The Balaban J connectivity index is 2.36. The first-order valence-electron chi connectivity index (χ1n) is 5.15. The maximum absolute atomic E-state index is 11.6. The van der Waals surface area contributed by atoms with E-state index in [1.165, 1.54) is 0 Å². The highest BCUT2D eigenvalue weighted by Crippen LogP contribution is 2.30. The first kappa shape index (κ1) is 10.5. The summed E-state index contributed by atoms with van der Waals surface area (Å²) in [7, 11) is 0. The molecule has 0 aromatic carbocycles. The fourth-order valence-corrected chi connectivity index (χ4v) is 1.35. The number of carbonyl (C=O) groups is 1. The van der Waals surface area contributed by atoms with Crippen molar-refractivity contribution in [1.29, 1.82) is 0 Å². The van der Waals surface area contributed by atoms with E-state index >= 15 is 0 Å². The van der Waals surface area contributed by atoms with E-state index in [0.717, 1.165) is 12.8 Å². The molecule has 0 bridgehead atoms. The Kier molecular flexibility index (Phi) is 3.72. The van der Waals surface area contributed by atoms with Gasteiger partial charge in [-0.1, -0.05) is 6.92 Å². The van der Waals surface area contributed by atoms with Crippen LogP contribution in [0.25, 0.3) is 0 Å². The minimum atomic E-state index is -0.359. The van der Waals surface area contributed by atoms with Crippen molar-refractivity contribution in [3.8, 4) is 0 Å². The Hall–Kier alpha value is -0.570. The van der Waals surface area contributed by atoms with Crippen LogP contribution in [0, 0.1) is 5.92 Å². The number of amides is 1. The molecule has 0 aromatic heterocycles. The maximum atomic E-state index is 11.6. The Bertz CT molecular complexity index is 178. The minimum absolute atomic E-state index is 0.231. The summed E-state index contributed by atoms with van der Waals surface area (Å²) in [5.41, 5.74) is 0. The summed E-state index contributed by atoms with van der Waals surface area (Å²) in [5, 5.41) is 9.42. The van der Waals surface area contributed by atoms with Crippen molar-refractivity contribution in [1.82, 2.24) is 4.90 Å². The summed E-state index contributed by atoms with van der Waals surface area (Å²) in [6, 6.07) is 0. The molecule has 1 aliphatic carbocycles. The zero-order valence-electron chi connectivity index (χ0n) is 8.49. The van der Waals surface area contributed by atoms with Crippen LogP contribution in [0.2, 0.25) is 0 Å². The van der Waals surface area contributed by atoms with Crippen LogP contribution in [0.5, 0.6) is 0 Å². The quantitative estimate of drug-likeness (QED) is 0.694. The molecular formula is C10H19NO2. The topological polar surface area (TPSA) is 40.5 Å². The van der Waals surface area contributed by atoms with E-state index in [1.54, 1.807) is 4.90 Å². The van der Waals surface area contributed by atoms with Gasteiger partial charge in [-0.15, -0.1) is 0 Å². The van der Waals surface area contributed by atoms with E-state index < -0.39 is 0 Å². The Morgan fingerprint density at radius 3 is 2.54 bits per heavy atom. The van der Waals surface area contributed by atoms with Gasteiger partial charge in [0.1, 0.15) is 0 Å². The van der Waals surface area contributed by atoms with Crippen LogP contribution in [-0.4, -0.2) is 35.1 Å². The molecule has 1 fully saturated rings. The van der Waals surface area contributed by atoms with E-state index in [9.17, 15) is 9.90 Å². The summed E-state index contributed by atoms with van der Waals surface area (Å²) in [6.45, 7) is 5.11. The molecule has 1 rings (SSSR count). The molecular weight excluding hydrogens is 166 g/mol. The highest BCUT2D eigenvalue weighted by atomic mass is 16.3. The highest BCUT2D eigenvalue weighted by molar-refractivity contribution is 5.81. The molecule has 1 N–H and O–H groups in total.